The molecule has 0 bridgehead atoms. The van der Waals surface area contributed by atoms with E-state index in [0.29, 0.717) is 12.5 Å². The minimum Gasteiger partial charge on any atom is -0.497 e. The summed E-state index contributed by atoms with van der Waals surface area (Å²) in [6.07, 6.45) is 7.69. The highest BCUT2D eigenvalue weighted by atomic mass is 16.5. The lowest BCUT2D eigenvalue weighted by atomic mass is 9.90. The van der Waals surface area contributed by atoms with Gasteiger partial charge in [-0.05, 0) is 60.4 Å². The zero-order valence-corrected chi connectivity index (χ0v) is 14.3. The molecule has 0 aliphatic heterocycles. The van der Waals surface area contributed by atoms with E-state index in [1.54, 1.807) is 13.2 Å². The number of carbonyl (C=O) groups is 1. The average Bonchev–Trinajstić information content (AvgIpc) is 2.55. The lowest BCUT2D eigenvalue weighted by Gasteiger charge is -2.16. The summed E-state index contributed by atoms with van der Waals surface area (Å²) < 4.78 is 10.5. The first-order chi connectivity index (χ1) is 11.1. The number of esters is 1. The highest BCUT2D eigenvalue weighted by molar-refractivity contribution is 5.84. The molecule has 0 fully saturated rings. The van der Waals surface area contributed by atoms with Crippen LogP contribution in [0.3, 0.4) is 0 Å². The number of hydrogen-bond donors (Lipinski definition) is 0. The maximum Gasteiger partial charge on any atom is 0.331 e. The van der Waals surface area contributed by atoms with Crippen molar-refractivity contribution >= 4 is 11.5 Å². The Bertz CT molecular complexity index is 579. The third-order valence-corrected chi connectivity index (χ3v) is 3.97. The Morgan fingerprint density at radius 2 is 1.96 bits per heavy atom. The smallest absolute Gasteiger partial charge is 0.331 e. The van der Waals surface area contributed by atoms with Crippen molar-refractivity contribution in [1.82, 2.24) is 0 Å². The maximum atomic E-state index is 11.9. The van der Waals surface area contributed by atoms with Gasteiger partial charge in [0.15, 0.2) is 0 Å². The van der Waals surface area contributed by atoms with Gasteiger partial charge in [0.25, 0.3) is 0 Å². The summed E-state index contributed by atoms with van der Waals surface area (Å²) in [5.74, 6) is 1.18. The Kier molecular flexibility index (Phi) is 6.45. The van der Waals surface area contributed by atoms with Crippen molar-refractivity contribution in [3.05, 3.63) is 47.6 Å². The first-order valence-corrected chi connectivity index (χ1v) is 8.31. The normalized spacial score (nSPS) is 16.3. The third-order valence-electron chi connectivity index (χ3n) is 3.97. The van der Waals surface area contributed by atoms with Crippen molar-refractivity contribution in [3.8, 4) is 5.75 Å². The first-order valence-electron chi connectivity index (χ1n) is 8.31. The summed E-state index contributed by atoms with van der Waals surface area (Å²) >= 11 is 0. The van der Waals surface area contributed by atoms with Crippen molar-refractivity contribution in [2.24, 2.45) is 5.92 Å². The number of rotatable bonds is 6. The Hall–Kier alpha value is -2.03. The van der Waals surface area contributed by atoms with Crippen molar-refractivity contribution in [3.63, 3.8) is 0 Å². The number of carbonyl (C=O) groups excluding carboxylic acids is 1. The number of allylic oxidation sites excluding steroid dienone is 3. The zero-order chi connectivity index (χ0) is 16.7. The van der Waals surface area contributed by atoms with E-state index in [0.717, 1.165) is 37.0 Å². The van der Waals surface area contributed by atoms with E-state index in [1.165, 1.54) is 11.1 Å². The van der Waals surface area contributed by atoms with Gasteiger partial charge in [-0.2, -0.15) is 0 Å². The molecular weight excluding hydrogens is 288 g/mol. The number of hydrogen-bond acceptors (Lipinski definition) is 3. The maximum absolute atomic E-state index is 11.9. The number of ether oxygens (including phenoxy) is 2. The molecule has 23 heavy (non-hydrogen) atoms. The van der Waals surface area contributed by atoms with E-state index >= 15 is 0 Å². The van der Waals surface area contributed by atoms with Crippen LogP contribution in [0.4, 0.5) is 0 Å². The van der Waals surface area contributed by atoms with Gasteiger partial charge in [-0.25, -0.2) is 4.79 Å². The Morgan fingerprint density at radius 3 is 2.61 bits per heavy atom. The molecule has 0 saturated heterocycles. The van der Waals surface area contributed by atoms with E-state index in [2.05, 4.69) is 32.1 Å². The molecule has 0 unspecified atom stereocenters. The monoisotopic (exact) mass is 314 g/mol. The van der Waals surface area contributed by atoms with Crippen LogP contribution in [0, 0.1) is 5.92 Å². The summed E-state index contributed by atoms with van der Waals surface area (Å²) in [6, 6.07) is 8.06. The van der Waals surface area contributed by atoms with Gasteiger partial charge in [-0.1, -0.05) is 32.1 Å². The minimum atomic E-state index is -0.229. The molecule has 0 radical (unpaired) electrons. The molecule has 0 spiro atoms. The summed E-state index contributed by atoms with van der Waals surface area (Å²) in [6.45, 7) is 4.74. The standard InChI is InChI=1S/C20H26O3/c1-15(2)11-12-23-20(21)14-16-5-4-6-18(13-16)17-7-9-19(22-3)10-8-17/h7-10,13-15H,4-6,11-12H2,1-3H3/b16-14+. The summed E-state index contributed by atoms with van der Waals surface area (Å²) in [5.41, 5.74) is 3.50. The number of methoxy groups -OCH3 is 1. The zero-order valence-electron chi connectivity index (χ0n) is 14.3. The highest BCUT2D eigenvalue weighted by Crippen LogP contribution is 2.30. The minimum absolute atomic E-state index is 0.229. The van der Waals surface area contributed by atoms with Gasteiger partial charge in [0, 0.05) is 6.08 Å². The molecule has 1 aromatic carbocycles. The second kappa shape index (κ2) is 8.56. The van der Waals surface area contributed by atoms with Gasteiger partial charge in [0.1, 0.15) is 5.75 Å². The van der Waals surface area contributed by atoms with E-state index < -0.39 is 0 Å². The van der Waals surface area contributed by atoms with Crippen LogP contribution in [0.15, 0.2) is 42.0 Å². The van der Waals surface area contributed by atoms with Crippen molar-refractivity contribution in [1.29, 1.82) is 0 Å². The molecule has 124 valence electrons. The van der Waals surface area contributed by atoms with E-state index in [-0.39, 0.29) is 5.97 Å². The predicted octanol–water partition coefficient (Wildman–Crippen LogP) is 4.78. The van der Waals surface area contributed by atoms with Crippen LogP contribution in [0.25, 0.3) is 5.57 Å². The molecule has 0 N–H and O–H groups in total. The van der Waals surface area contributed by atoms with Gasteiger partial charge >= 0.3 is 5.97 Å². The molecule has 3 nitrogen and oxygen atoms in total. The first kappa shape index (κ1) is 17.3. The van der Waals surface area contributed by atoms with E-state index in [1.807, 2.05) is 12.1 Å². The third kappa shape index (κ3) is 5.59. The van der Waals surface area contributed by atoms with Gasteiger partial charge in [0.05, 0.1) is 13.7 Å². The SMILES string of the molecule is COc1ccc(C2=C/C(=C/C(=O)OCCC(C)C)CCC2)cc1. The lowest BCUT2D eigenvalue weighted by molar-refractivity contribution is -0.138. The fraction of sp³-hybridized carbons (Fsp3) is 0.450. The molecule has 0 aromatic heterocycles. The number of benzene rings is 1. The van der Waals surface area contributed by atoms with Crippen LogP contribution in [0.1, 0.15) is 45.1 Å². The van der Waals surface area contributed by atoms with Crippen LogP contribution < -0.4 is 4.74 Å². The Labute approximate surface area is 139 Å². The second-order valence-corrected chi connectivity index (χ2v) is 6.32. The quantitative estimate of drug-likeness (QED) is 0.560. The summed E-state index contributed by atoms with van der Waals surface area (Å²) in [4.78, 5) is 11.9. The van der Waals surface area contributed by atoms with Gasteiger partial charge in [-0.3, -0.25) is 0 Å². The van der Waals surface area contributed by atoms with Crippen LogP contribution in [-0.2, 0) is 9.53 Å². The molecule has 0 saturated carbocycles. The lowest BCUT2D eigenvalue weighted by Crippen LogP contribution is -2.06. The average molecular weight is 314 g/mol. The Morgan fingerprint density at radius 1 is 1.22 bits per heavy atom. The van der Waals surface area contributed by atoms with Gasteiger partial charge in [0.2, 0.25) is 0 Å². The van der Waals surface area contributed by atoms with Crippen molar-refractivity contribution in [2.45, 2.75) is 39.5 Å². The molecule has 0 amide bonds. The van der Waals surface area contributed by atoms with Crippen LogP contribution in [0.5, 0.6) is 5.75 Å². The van der Waals surface area contributed by atoms with Crippen LogP contribution in [-0.4, -0.2) is 19.7 Å². The fourth-order valence-electron chi connectivity index (χ4n) is 2.59. The fourth-order valence-corrected chi connectivity index (χ4v) is 2.59. The summed E-state index contributed by atoms with van der Waals surface area (Å²) in [7, 11) is 1.67. The van der Waals surface area contributed by atoms with Crippen molar-refractivity contribution < 1.29 is 14.3 Å². The van der Waals surface area contributed by atoms with Crippen molar-refractivity contribution in [2.75, 3.05) is 13.7 Å². The molecule has 0 heterocycles. The van der Waals surface area contributed by atoms with Crippen LogP contribution >= 0.6 is 0 Å². The van der Waals surface area contributed by atoms with E-state index in [4.69, 9.17) is 9.47 Å². The summed E-state index contributed by atoms with van der Waals surface area (Å²) in [5, 5.41) is 0. The second-order valence-electron chi connectivity index (χ2n) is 6.32. The highest BCUT2D eigenvalue weighted by Gasteiger charge is 2.11. The molecule has 3 heteroatoms. The largest absolute Gasteiger partial charge is 0.497 e. The van der Waals surface area contributed by atoms with Crippen LogP contribution in [0.2, 0.25) is 0 Å². The Balaban J connectivity index is 2.02. The topological polar surface area (TPSA) is 35.5 Å². The molecule has 0 atom stereocenters. The molecule has 1 aliphatic rings. The molecule has 1 aromatic rings. The van der Waals surface area contributed by atoms with Gasteiger partial charge in [-0.15, -0.1) is 0 Å². The van der Waals surface area contributed by atoms with E-state index in [9.17, 15) is 4.79 Å². The molecular formula is C20H26O3. The molecule has 2 rings (SSSR count). The van der Waals surface area contributed by atoms with Gasteiger partial charge < -0.3 is 9.47 Å². The molecule has 1 aliphatic carbocycles. The predicted molar refractivity (Wildman–Crippen MR) is 93.3 cm³/mol.